The molecule has 4 rings (SSSR count). The monoisotopic (exact) mass is 447 g/mol. The van der Waals surface area contributed by atoms with Gasteiger partial charge in [-0.2, -0.15) is 4.98 Å². The molecule has 0 aliphatic carbocycles. The van der Waals surface area contributed by atoms with Crippen LogP contribution in [0.25, 0.3) is 16.2 Å². The van der Waals surface area contributed by atoms with Crippen molar-refractivity contribution in [3.63, 3.8) is 0 Å². The topological polar surface area (TPSA) is 105 Å². The second-order valence-corrected chi connectivity index (χ2v) is 9.18. The summed E-state index contributed by atoms with van der Waals surface area (Å²) in [5, 5.41) is 9.59. The maximum atomic E-state index is 12.5. The molecule has 0 unspecified atom stereocenters. The molecule has 2 aromatic heterocycles. The van der Waals surface area contributed by atoms with Crippen molar-refractivity contribution in [3.8, 4) is 11.3 Å². The fourth-order valence-electron chi connectivity index (χ4n) is 2.63. The molecule has 11 heteroatoms. The molecule has 0 bridgehead atoms. The van der Waals surface area contributed by atoms with E-state index in [4.69, 9.17) is 11.6 Å². The summed E-state index contributed by atoms with van der Waals surface area (Å²) < 4.78 is 26.5. The van der Waals surface area contributed by atoms with Crippen molar-refractivity contribution >= 4 is 55.5 Å². The minimum absolute atomic E-state index is 0.176. The Bertz CT molecular complexity index is 1300. The Hall–Kier alpha value is -2.95. The number of nitrogens with zero attached hydrogens (tertiary/aromatic N) is 3. The first-order chi connectivity index (χ1) is 13.8. The molecule has 4 aromatic rings. The number of hydrogen-bond acceptors (Lipinski definition) is 6. The Kier molecular flexibility index (Phi) is 4.99. The molecule has 0 aliphatic heterocycles. The maximum Gasteiger partial charge on any atom is 0.258 e. The molecule has 0 saturated heterocycles. The van der Waals surface area contributed by atoms with E-state index in [2.05, 4.69) is 20.1 Å². The van der Waals surface area contributed by atoms with Crippen molar-refractivity contribution in [3.05, 3.63) is 64.5 Å². The van der Waals surface area contributed by atoms with Gasteiger partial charge in [0.2, 0.25) is 15.0 Å². The van der Waals surface area contributed by atoms with Gasteiger partial charge in [0.15, 0.2) is 0 Å². The van der Waals surface area contributed by atoms with Gasteiger partial charge < -0.3 is 0 Å². The molecule has 0 saturated carbocycles. The predicted molar refractivity (Wildman–Crippen MR) is 114 cm³/mol. The number of carbonyl (C=O) groups is 1. The number of amides is 1. The first kappa shape index (κ1) is 19.4. The number of sulfonamides is 1. The van der Waals surface area contributed by atoms with E-state index in [-0.39, 0.29) is 5.95 Å². The van der Waals surface area contributed by atoms with Gasteiger partial charge in [0, 0.05) is 27.2 Å². The van der Waals surface area contributed by atoms with Crippen LogP contribution >= 0.6 is 22.9 Å². The number of benzene rings is 2. The van der Waals surface area contributed by atoms with Crippen LogP contribution < -0.4 is 10.0 Å². The largest absolute Gasteiger partial charge is 0.289 e. The van der Waals surface area contributed by atoms with Crippen LogP contribution in [0.3, 0.4) is 0 Å². The summed E-state index contributed by atoms with van der Waals surface area (Å²) in [5.41, 5.74) is 2.49. The molecule has 2 N–H and O–H groups in total. The number of aromatic nitrogens is 3. The summed E-state index contributed by atoms with van der Waals surface area (Å²) in [7, 11) is -3.38. The standard InChI is InChI=1S/C18H14ClN5O3S2/c1-29(26,27)23-14-8-4-12(5-9-14)16(25)20-17-21-18-24(22-17)15(10-28-18)11-2-6-13(19)7-3-11/h2-10,23H,1H3,(H,20,22,25). The maximum absolute atomic E-state index is 12.5. The number of thiazole rings is 1. The second-order valence-electron chi connectivity index (χ2n) is 6.16. The van der Waals surface area contributed by atoms with Gasteiger partial charge in [0.25, 0.3) is 11.9 Å². The van der Waals surface area contributed by atoms with Crippen molar-refractivity contribution in [1.29, 1.82) is 0 Å². The van der Waals surface area contributed by atoms with E-state index in [1.165, 1.54) is 35.6 Å². The fraction of sp³-hybridized carbons (Fsp3) is 0.0556. The van der Waals surface area contributed by atoms with Crippen LogP contribution in [0.5, 0.6) is 0 Å². The predicted octanol–water partition coefficient (Wildman–Crippen LogP) is 3.74. The van der Waals surface area contributed by atoms with Crippen LogP contribution in [0, 0.1) is 0 Å². The van der Waals surface area contributed by atoms with Crippen LogP contribution in [0.4, 0.5) is 11.6 Å². The Labute approximate surface area is 175 Å². The number of rotatable bonds is 5. The molecular weight excluding hydrogens is 434 g/mol. The Morgan fingerprint density at radius 2 is 1.79 bits per heavy atom. The van der Waals surface area contributed by atoms with E-state index in [1.54, 1.807) is 16.6 Å². The zero-order valence-electron chi connectivity index (χ0n) is 15.0. The summed E-state index contributed by atoms with van der Waals surface area (Å²) in [6, 6.07) is 13.4. The quantitative estimate of drug-likeness (QED) is 0.485. The summed E-state index contributed by atoms with van der Waals surface area (Å²) in [5.74, 6) is -0.224. The number of halogens is 1. The molecule has 8 nitrogen and oxygen atoms in total. The number of hydrogen-bond donors (Lipinski definition) is 2. The molecule has 148 valence electrons. The highest BCUT2D eigenvalue weighted by Crippen LogP contribution is 2.27. The summed E-state index contributed by atoms with van der Waals surface area (Å²) in [6.45, 7) is 0. The van der Waals surface area contributed by atoms with E-state index in [0.717, 1.165) is 17.5 Å². The zero-order valence-corrected chi connectivity index (χ0v) is 17.3. The SMILES string of the molecule is CS(=O)(=O)Nc1ccc(C(=O)Nc2nc3scc(-c4ccc(Cl)cc4)n3n2)cc1. The molecule has 29 heavy (non-hydrogen) atoms. The number of fused-ring (bicyclic) bond motifs is 1. The Morgan fingerprint density at radius 1 is 1.10 bits per heavy atom. The molecule has 0 spiro atoms. The second kappa shape index (κ2) is 7.47. The zero-order chi connectivity index (χ0) is 20.6. The van der Waals surface area contributed by atoms with Crippen molar-refractivity contribution in [2.45, 2.75) is 0 Å². The van der Waals surface area contributed by atoms with Crippen LogP contribution in [-0.4, -0.2) is 35.2 Å². The molecule has 2 aromatic carbocycles. The summed E-state index contributed by atoms with van der Waals surface area (Å²) in [6.07, 6.45) is 1.06. The highest BCUT2D eigenvalue weighted by atomic mass is 35.5. The van der Waals surface area contributed by atoms with Crippen LogP contribution in [-0.2, 0) is 10.0 Å². The third-order valence-electron chi connectivity index (χ3n) is 3.90. The summed E-state index contributed by atoms with van der Waals surface area (Å²) in [4.78, 5) is 17.4. The van der Waals surface area contributed by atoms with E-state index in [9.17, 15) is 13.2 Å². The molecular formula is C18H14ClN5O3S2. The van der Waals surface area contributed by atoms with Gasteiger partial charge in [-0.3, -0.25) is 14.8 Å². The van der Waals surface area contributed by atoms with Crippen molar-refractivity contribution in [2.24, 2.45) is 0 Å². The molecule has 1 amide bonds. The van der Waals surface area contributed by atoms with Crippen molar-refractivity contribution < 1.29 is 13.2 Å². The minimum Gasteiger partial charge on any atom is -0.289 e. The third kappa shape index (κ3) is 4.39. The molecule has 0 aliphatic rings. The van der Waals surface area contributed by atoms with Crippen LogP contribution in [0.1, 0.15) is 10.4 Å². The van der Waals surface area contributed by atoms with Gasteiger partial charge in [-0.05, 0) is 36.4 Å². The van der Waals surface area contributed by atoms with E-state index >= 15 is 0 Å². The smallest absolute Gasteiger partial charge is 0.258 e. The van der Waals surface area contributed by atoms with Gasteiger partial charge in [-0.25, -0.2) is 12.9 Å². The van der Waals surface area contributed by atoms with Gasteiger partial charge >= 0.3 is 0 Å². The molecule has 2 heterocycles. The summed E-state index contributed by atoms with van der Waals surface area (Å²) >= 11 is 7.34. The van der Waals surface area contributed by atoms with Crippen LogP contribution in [0.15, 0.2) is 53.9 Å². The highest BCUT2D eigenvalue weighted by molar-refractivity contribution is 7.92. The minimum atomic E-state index is -3.38. The molecule has 0 atom stereocenters. The fourth-order valence-corrected chi connectivity index (χ4v) is 4.15. The number of carbonyl (C=O) groups excluding carboxylic acids is 1. The van der Waals surface area contributed by atoms with E-state index in [0.29, 0.717) is 21.2 Å². The molecule has 0 fully saturated rings. The average molecular weight is 448 g/mol. The normalized spacial score (nSPS) is 11.5. The Morgan fingerprint density at radius 3 is 2.45 bits per heavy atom. The Balaban J connectivity index is 1.53. The lowest BCUT2D eigenvalue weighted by atomic mass is 10.2. The lowest BCUT2D eigenvalue weighted by Crippen LogP contribution is -2.14. The third-order valence-corrected chi connectivity index (χ3v) is 5.57. The van der Waals surface area contributed by atoms with Crippen LogP contribution in [0.2, 0.25) is 5.02 Å². The van der Waals surface area contributed by atoms with Gasteiger partial charge in [0.1, 0.15) is 0 Å². The number of anilines is 2. The van der Waals surface area contributed by atoms with E-state index in [1.807, 2.05) is 17.5 Å². The lowest BCUT2D eigenvalue weighted by Gasteiger charge is -2.05. The van der Waals surface area contributed by atoms with Crippen molar-refractivity contribution in [1.82, 2.24) is 14.6 Å². The van der Waals surface area contributed by atoms with Gasteiger partial charge in [-0.15, -0.1) is 16.4 Å². The van der Waals surface area contributed by atoms with Crippen molar-refractivity contribution in [2.75, 3.05) is 16.3 Å². The van der Waals surface area contributed by atoms with E-state index < -0.39 is 15.9 Å². The highest BCUT2D eigenvalue weighted by Gasteiger charge is 2.14. The number of nitrogens with one attached hydrogen (secondary N) is 2. The van der Waals surface area contributed by atoms with Gasteiger partial charge in [0.05, 0.1) is 11.9 Å². The first-order valence-electron chi connectivity index (χ1n) is 8.28. The lowest BCUT2D eigenvalue weighted by molar-refractivity contribution is 0.102. The van der Waals surface area contributed by atoms with Gasteiger partial charge in [-0.1, -0.05) is 23.7 Å². The average Bonchev–Trinajstić information content (AvgIpc) is 3.22. The first-order valence-corrected chi connectivity index (χ1v) is 11.4. The molecule has 0 radical (unpaired) electrons.